The van der Waals surface area contributed by atoms with E-state index < -0.39 is 15.8 Å². The van der Waals surface area contributed by atoms with Crippen molar-refractivity contribution in [2.75, 3.05) is 13.1 Å². The van der Waals surface area contributed by atoms with Crippen LogP contribution >= 0.6 is 11.6 Å². The third-order valence-electron chi connectivity index (χ3n) is 4.73. The molecule has 1 saturated heterocycles. The van der Waals surface area contributed by atoms with Crippen LogP contribution in [0, 0.1) is 5.82 Å². The van der Waals surface area contributed by atoms with E-state index in [9.17, 15) is 12.8 Å². The molecule has 1 atom stereocenters. The van der Waals surface area contributed by atoms with Gasteiger partial charge in [-0.05, 0) is 61.4 Å². The first-order valence-electron chi connectivity index (χ1n) is 8.79. The molecule has 0 amide bonds. The SMILES string of the molecule is O=S(=O)(c1ccc(F)cc1)N1CCC[C@H](c2nc(-c3ccc(Cl)cc3)no2)C1. The Kier molecular flexibility index (Phi) is 5.18. The Morgan fingerprint density at radius 1 is 1.11 bits per heavy atom. The monoisotopic (exact) mass is 421 g/mol. The van der Waals surface area contributed by atoms with E-state index in [1.165, 1.54) is 16.4 Å². The van der Waals surface area contributed by atoms with E-state index in [1.807, 2.05) is 0 Å². The van der Waals surface area contributed by atoms with Crippen LogP contribution in [0.3, 0.4) is 0 Å². The first-order chi connectivity index (χ1) is 13.4. The number of halogens is 2. The van der Waals surface area contributed by atoms with E-state index in [4.69, 9.17) is 16.1 Å². The molecule has 1 aliphatic heterocycles. The van der Waals surface area contributed by atoms with Gasteiger partial charge in [-0.1, -0.05) is 16.8 Å². The van der Waals surface area contributed by atoms with Gasteiger partial charge in [-0.2, -0.15) is 9.29 Å². The summed E-state index contributed by atoms with van der Waals surface area (Å²) in [7, 11) is -3.71. The molecule has 0 bridgehead atoms. The van der Waals surface area contributed by atoms with Gasteiger partial charge in [-0.15, -0.1) is 0 Å². The molecule has 1 aromatic heterocycles. The van der Waals surface area contributed by atoms with Crippen LogP contribution in [0.25, 0.3) is 11.4 Å². The van der Waals surface area contributed by atoms with Crippen molar-refractivity contribution >= 4 is 21.6 Å². The molecule has 2 heterocycles. The molecule has 0 spiro atoms. The van der Waals surface area contributed by atoms with E-state index in [0.717, 1.165) is 24.1 Å². The molecule has 1 aliphatic rings. The van der Waals surface area contributed by atoms with Crippen LogP contribution in [0.1, 0.15) is 24.7 Å². The largest absolute Gasteiger partial charge is 0.339 e. The first kappa shape index (κ1) is 19.0. The van der Waals surface area contributed by atoms with Gasteiger partial charge in [0.2, 0.25) is 21.7 Å². The average molecular weight is 422 g/mol. The summed E-state index contributed by atoms with van der Waals surface area (Å²) in [5, 5.41) is 4.62. The zero-order valence-electron chi connectivity index (χ0n) is 14.8. The standard InChI is InChI=1S/C19H17ClFN3O3S/c20-15-5-3-13(4-6-15)18-22-19(27-23-18)14-2-1-11-24(12-14)28(25,26)17-9-7-16(21)8-10-17/h3-10,14H,1-2,11-12H2/t14-/m0/s1. The van der Waals surface area contributed by atoms with Gasteiger partial charge in [0, 0.05) is 23.7 Å². The second-order valence-electron chi connectivity index (χ2n) is 6.62. The van der Waals surface area contributed by atoms with Gasteiger partial charge in [0.05, 0.1) is 10.8 Å². The third kappa shape index (κ3) is 3.80. The van der Waals surface area contributed by atoms with Gasteiger partial charge in [-0.25, -0.2) is 12.8 Å². The van der Waals surface area contributed by atoms with E-state index in [1.54, 1.807) is 24.3 Å². The smallest absolute Gasteiger partial charge is 0.243 e. The molecular formula is C19H17ClFN3O3S. The average Bonchev–Trinajstić information content (AvgIpc) is 3.19. The van der Waals surface area contributed by atoms with Crippen molar-refractivity contribution in [2.24, 2.45) is 0 Å². The molecule has 4 rings (SSSR count). The summed E-state index contributed by atoms with van der Waals surface area (Å²) in [4.78, 5) is 4.51. The van der Waals surface area contributed by atoms with Crippen LogP contribution in [-0.2, 0) is 10.0 Å². The van der Waals surface area contributed by atoms with E-state index >= 15 is 0 Å². The van der Waals surface area contributed by atoms with E-state index in [2.05, 4.69) is 10.1 Å². The maximum absolute atomic E-state index is 13.1. The van der Waals surface area contributed by atoms with Crippen molar-refractivity contribution in [2.45, 2.75) is 23.7 Å². The number of piperidine rings is 1. The highest BCUT2D eigenvalue weighted by Gasteiger charge is 2.33. The Labute approximate surface area is 167 Å². The number of hydrogen-bond acceptors (Lipinski definition) is 5. The summed E-state index contributed by atoms with van der Waals surface area (Å²) >= 11 is 5.90. The normalized spacial score (nSPS) is 18.3. The fourth-order valence-electron chi connectivity index (χ4n) is 3.24. The number of benzene rings is 2. The molecule has 2 aromatic carbocycles. The minimum absolute atomic E-state index is 0.0712. The molecule has 146 valence electrons. The molecule has 6 nitrogen and oxygen atoms in total. The number of nitrogens with zero attached hydrogens (tertiary/aromatic N) is 3. The zero-order chi connectivity index (χ0) is 19.7. The number of aromatic nitrogens is 2. The predicted octanol–water partition coefficient (Wildman–Crippen LogP) is 4.10. The summed E-state index contributed by atoms with van der Waals surface area (Å²) in [6.45, 7) is 0.635. The molecule has 1 fully saturated rings. The molecule has 0 N–H and O–H groups in total. The van der Waals surface area contributed by atoms with Crippen LogP contribution in [0.2, 0.25) is 5.02 Å². The molecule has 0 saturated carbocycles. The quantitative estimate of drug-likeness (QED) is 0.634. The van der Waals surface area contributed by atoms with Crippen molar-refractivity contribution in [1.29, 1.82) is 0 Å². The van der Waals surface area contributed by atoms with Gasteiger partial charge >= 0.3 is 0 Å². The maximum Gasteiger partial charge on any atom is 0.243 e. The molecular weight excluding hydrogens is 405 g/mol. The number of rotatable bonds is 4. The molecule has 0 unspecified atom stereocenters. The Balaban J connectivity index is 1.54. The zero-order valence-corrected chi connectivity index (χ0v) is 16.3. The molecule has 28 heavy (non-hydrogen) atoms. The molecule has 9 heteroatoms. The predicted molar refractivity (Wildman–Crippen MR) is 102 cm³/mol. The minimum atomic E-state index is -3.71. The fraction of sp³-hybridized carbons (Fsp3) is 0.263. The lowest BCUT2D eigenvalue weighted by Gasteiger charge is -2.30. The van der Waals surface area contributed by atoms with Crippen LogP contribution < -0.4 is 0 Å². The maximum atomic E-state index is 13.1. The van der Waals surface area contributed by atoms with Crippen LogP contribution in [0.15, 0.2) is 57.9 Å². The van der Waals surface area contributed by atoms with Crippen molar-refractivity contribution < 1.29 is 17.3 Å². The van der Waals surface area contributed by atoms with Crippen LogP contribution in [0.4, 0.5) is 4.39 Å². The summed E-state index contributed by atoms with van der Waals surface area (Å²) in [6, 6.07) is 11.9. The van der Waals surface area contributed by atoms with Crippen molar-refractivity contribution in [1.82, 2.24) is 14.4 Å². The first-order valence-corrected chi connectivity index (χ1v) is 10.6. The fourth-order valence-corrected chi connectivity index (χ4v) is 4.88. The Hall–Kier alpha value is -2.29. The van der Waals surface area contributed by atoms with Gasteiger partial charge in [-0.3, -0.25) is 0 Å². The third-order valence-corrected chi connectivity index (χ3v) is 6.86. The summed E-state index contributed by atoms with van der Waals surface area (Å²) in [5.41, 5.74) is 0.769. The highest BCUT2D eigenvalue weighted by atomic mass is 35.5. The second-order valence-corrected chi connectivity index (χ2v) is 8.99. The van der Waals surface area contributed by atoms with Crippen LogP contribution in [-0.4, -0.2) is 36.0 Å². The number of hydrogen-bond donors (Lipinski definition) is 0. The van der Waals surface area contributed by atoms with Gasteiger partial charge in [0.15, 0.2) is 0 Å². The Morgan fingerprint density at radius 2 is 1.82 bits per heavy atom. The van der Waals surface area contributed by atoms with Gasteiger partial charge in [0.1, 0.15) is 5.82 Å². The van der Waals surface area contributed by atoms with Crippen molar-refractivity contribution in [3.8, 4) is 11.4 Å². The topological polar surface area (TPSA) is 76.3 Å². The van der Waals surface area contributed by atoms with Crippen LogP contribution in [0.5, 0.6) is 0 Å². The lowest BCUT2D eigenvalue weighted by Crippen LogP contribution is -2.39. The summed E-state index contributed by atoms with van der Waals surface area (Å²) in [5.74, 6) is 0.169. The lowest BCUT2D eigenvalue weighted by molar-refractivity contribution is 0.265. The van der Waals surface area contributed by atoms with Gasteiger partial charge in [0.25, 0.3) is 0 Å². The highest BCUT2D eigenvalue weighted by Crippen LogP contribution is 2.30. The summed E-state index contributed by atoms with van der Waals surface area (Å²) in [6.07, 6.45) is 1.42. The van der Waals surface area contributed by atoms with Gasteiger partial charge < -0.3 is 4.52 Å². The second kappa shape index (κ2) is 7.62. The minimum Gasteiger partial charge on any atom is -0.339 e. The highest BCUT2D eigenvalue weighted by molar-refractivity contribution is 7.89. The molecule has 0 radical (unpaired) electrons. The van der Waals surface area contributed by atoms with Crippen molar-refractivity contribution in [3.63, 3.8) is 0 Å². The molecule has 0 aliphatic carbocycles. The van der Waals surface area contributed by atoms with E-state index in [0.29, 0.717) is 29.7 Å². The molecule has 3 aromatic rings. The number of sulfonamides is 1. The lowest BCUT2D eigenvalue weighted by atomic mass is 10.00. The van der Waals surface area contributed by atoms with E-state index in [-0.39, 0.29) is 17.4 Å². The Bertz CT molecular complexity index is 1070. The van der Waals surface area contributed by atoms with Crippen molar-refractivity contribution in [3.05, 3.63) is 65.3 Å². The Morgan fingerprint density at radius 3 is 2.54 bits per heavy atom. The summed E-state index contributed by atoms with van der Waals surface area (Å²) < 4.78 is 45.6.